The topological polar surface area (TPSA) is 98.8 Å². The second-order valence-electron chi connectivity index (χ2n) is 5.62. The fraction of sp³-hybridized carbons (Fsp3) is 0.222. The third kappa shape index (κ3) is 4.60. The summed E-state index contributed by atoms with van der Waals surface area (Å²) < 4.78 is 37.3. The van der Waals surface area contributed by atoms with Crippen molar-refractivity contribution >= 4 is 27.6 Å². The number of carbonyl (C=O) groups is 2. The Labute approximate surface area is 152 Å². The summed E-state index contributed by atoms with van der Waals surface area (Å²) in [5.41, 5.74) is 0.474. The average molecular weight is 377 g/mol. The number of carbonyl (C=O) groups excluding carboxylic acids is 2. The summed E-state index contributed by atoms with van der Waals surface area (Å²) in [7, 11) is -2.84. The molecule has 2 aromatic carbocycles. The van der Waals surface area contributed by atoms with Crippen molar-refractivity contribution in [2.45, 2.75) is 24.8 Å². The Morgan fingerprint density at radius 2 is 1.58 bits per heavy atom. The molecule has 7 nitrogen and oxygen atoms in total. The van der Waals surface area contributed by atoms with Crippen molar-refractivity contribution in [3.8, 4) is 0 Å². The summed E-state index contributed by atoms with van der Waals surface area (Å²) in [6.07, 6.45) is -0.254. The van der Waals surface area contributed by atoms with E-state index in [2.05, 4.69) is 9.46 Å². The largest absolute Gasteiger partial charge is 0.465 e. The second kappa shape index (κ2) is 8.01. The summed E-state index contributed by atoms with van der Waals surface area (Å²) in [4.78, 5) is 23.4. The highest BCUT2D eigenvalue weighted by Crippen LogP contribution is 2.21. The van der Waals surface area contributed by atoms with Gasteiger partial charge in [-0.15, -0.1) is 0 Å². The number of methoxy groups -OCH3 is 1. The number of hydrogen-bond donors (Lipinski definition) is 1. The maximum Gasteiger partial charge on any atom is 0.339 e. The van der Waals surface area contributed by atoms with E-state index in [1.54, 1.807) is 19.9 Å². The molecule has 2 rings (SSSR count). The van der Waals surface area contributed by atoms with Gasteiger partial charge in [0.05, 0.1) is 24.3 Å². The first-order chi connectivity index (χ1) is 12.2. The minimum Gasteiger partial charge on any atom is -0.465 e. The van der Waals surface area contributed by atoms with E-state index in [1.807, 2.05) is 0 Å². The van der Waals surface area contributed by atoms with E-state index >= 15 is 0 Å². The van der Waals surface area contributed by atoms with E-state index in [0.717, 1.165) is 0 Å². The highest BCUT2D eigenvalue weighted by atomic mass is 32.2. The predicted octanol–water partition coefficient (Wildman–Crippen LogP) is 2.84. The van der Waals surface area contributed by atoms with Crippen LogP contribution in [0.2, 0.25) is 0 Å². The molecular formula is C18H19NO6S. The van der Waals surface area contributed by atoms with Crippen molar-refractivity contribution in [2.75, 3.05) is 11.8 Å². The lowest BCUT2D eigenvalue weighted by molar-refractivity contribution is 0.0377. The molecule has 0 radical (unpaired) electrons. The molecule has 0 spiro atoms. The molecule has 26 heavy (non-hydrogen) atoms. The van der Waals surface area contributed by atoms with Gasteiger partial charge in [0, 0.05) is 5.69 Å². The van der Waals surface area contributed by atoms with Gasteiger partial charge in [-0.3, -0.25) is 4.72 Å². The van der Waals surface area contributed by atoms with E-state index < -0.39 is 22.0 Å². The van der Waals surface area contributed by atoms with Crippen LogP contribution >= 0.6 is 0 Å². The highest BCUT2D eigenvalue weighted by Gasteiger charge is 2.22. The first-order valence-corrected chi connectivity index (χ1v) is 9.24. The Balaban J connectivity index is 2.25. The predicted molar refractivity (Wildman–Crippen MR) is 95.6 cm³/mol. The zero-order valence-corrected chi connectivity index (χ0v) is 15.4. The van der Waals surface area contributed by atoms with Gasteiger partial charge in [0.2, 0.25) is 0 Å². The number of anilines is 1. The van der Waals surface area contributed by atoms with Gasteiger partial charge in [0.1, 0.15) is 4.90 Å². The molecule has 0 saturated heterocycles. The van der Waals surface area contributed by atoms with E-state index in [9.17, 15) is 18.0 Å². The molecule has 0 bridgehead atoms. The molecule has 8 heteroatoms. The van der Waals surface area contributed by atoms with Crippen LogP contribution in [-0.2, 0) is 19.5 Å². The summed E-state index contributed by atoms with van der Waals surface area (Å²) >= 11 is 0. The fourth-order valence-corrected chi connectivity index (χ4v) is 3.40. The number of nitrogens with one attached hydrogen (secondary N) is 1. The SMILES string of the molecule is COC(=O)c1ccccc1S(=O)(=O)Nc1ccc(C(=O)OC(C)C)cc1. The Morgan fingerprint density at radius 1 is 0.962 bits per heavy atom. The lowest BCUT2D eigenvalue weighted by Crippen LogP contribution is -2.17. The van der Waals surface area contributed by atoms with Gasteiger partial charge in [0.25, 0.3) is 10.0 Å². The van der Waals surface area contributed by atoms with Gasteiger partial charge in [0.15, 0.2) is 0 Å². The van der Waals surface area contributed by atoms with Crippen LogP contribution in [0.5, 0.6) is 0 Å². The van der Waals surface area contributed by atoms with Gasteiger partial charge in [-0.25, -0.2) is 18.0 Å². The monoisotopic (exact) mass is 377 g/mol. The van der Waals surface area contributed by atoms with E-state index in [4.69, 9.17) is 4.74 Å². The van der Waals surface area contributed by atoms with Crippen molar-refractivity contribution in [3.05, 3.63) is 59.7 Å². The molecule has 0 unspecified atom stereocenters. The third-order valence-corrected chi connectivity index (χ3v) is 4.74. The summed E-state index contributed by atoms with van der Waals surface area (Å²) in [5, 5.41) is 0. The van der Waals surface area contributed by atoms with Gasteiger partial charge in [-0.05, 0) is 50.2 Å². The molecule has 0 aliphatic rings. The molecule has 1 N–H and O–H groups in total. The van der Waals surface area contributed by atoms with Crippen LogP contribution in [-0.4, -0.2) is 33.6 Å². The first-order valence-electron chi connectivity index (χ1n) is 7.76. The Hall–Kier alpha value is -2.87. The summed E-state index contributed by atoms with van der Waals surface area (Å²) in [5.74, 6) is -1.25. The first kappa shape index (κ1) is 19.5. The van der Waals surface area contributed by atoms with Crippen molar-refractivity contribution in [2.24, 2.45) is 0 Å². The Morgan fingerprint density at radius 3 is 2.15 bits per heavy atom. The molecule has 0 amide bonds. The van der Waals surface area contributed by atoms with Gasteiger partial charge < -0.3 is 9.47 Å². The summed E-state index contributed by atoms with van der Waals surface area (Å²) in [6, 6.07) is 11.5. The molecule has 138 valence electrons. The quantitative estimate of drug-likeness (QED) is 0.777. The standard InChI is InChI=1S/C18H19NO6S/c1-12(2)25-17(20)13-8-10-14(11-9-13)19-26(22,23)16-7-5-4-6-15(16)18(21)24-3/h4-12,19H,1-3H3. The third-order valence-electron chi connectivity index (χ3n) is 3.30. The molecule has 0 aliphatic heterocycles. The zero-order valence-electron chi connectivity index (χ0n) is 14.6. The van der Waals surface area contributed by atoms with Crippen LogP contribution in [0, 0.1) is 0 Å². The number of sulfonamides is 1. The minimum absolute atomic E-state index is 0.0698. The van der Waals surface area contributed by atoms with Crippen molar-refractivity contribution in [1.29, 1.82) is 0 Å². The number of esters is 2. The lowest BCUT2D eigenvalue weighted by atomic mass is 10.2. The van der Waals surface area contributed by atoms with Crippen molar-refractivity contribution in [1.82, 2.24) is 0 Å². The Kier molecular flexibility index (Phi) is 5.99. The Bertz CT molecular complexity index is 904. The van der Waals surface area contributed by atoms with E-state index in [0.29, 0.717) is 5.56 Å². The fourth-order valence-electron chi connectivity index (χ4n) is 2.15. The second-order valence-corrected chi connectivity index (χ2v) is 7.28. The van der Waals surface area contributed by atoms with E-state index in [-0.39, 0.29) is 22.3 Å². The minimum atomic E-state index is -4.02. The molecule has 0 aliphatic carbocycles. The molecular weight excluding hydrogens is 358 g/mol. The molecule has 0 fully saturated rings. The maximum atomic E-state index is 12.6. The zero-order chi connectivity index (χ0) is 19.3. The molecule has 2 aromatic rings. The molecule has 0 heterocycles. The number of benzene rings is 2. The normalized spacial score (nSPS) is 11.1. The van der Waals surface area contributed by atoms with Crippen LogP contribution < -0.4 is 4.72 Å². The van der Waals surface area contributed by atoms with Crippen molar-refractivity contribution < 1.29 is 27.5 Å². The van der Waals surface area contributed by atoms with Crippen LogP contribution in [0.3, 0.4) is 0 Å². The van der Waals surface area contributed by atoms with Gasteiger partial charge >= 0.3 is 11.9 Å². The smallest absolute Gasteiger partial charge is 0.339 e. The molecule has 0 saturated carbocycles. The average Bonchev–Trinajstić information content (AvgIpc) is 2.60. The van der Waals surface area contributed by atoms with E-state index in [1.165, 1.54) is 49.6 Å². The van der Waals surface area contributed by atoms with Crippen molar-refractivity contribution in [3.63, 3.8) is 0 Å². The maximum absolute atomic E-state index is 12.6. The number of rotatable bonds is 6. The molecule has 0 atom stereocenters. The van der Waals surface area contributed by atoms with Gasteiger partial charge in [-0.2, -0.15) is 0 Å². The van der Waals surface area contributed by atoms with Crippen LogP contribution in [0.4, 0.5) is 5.69 Å². The highest BCUT2D eigenvalue weighted by molar-refractivity contribution is 7.92. The van der Waals surface area contributed by atoms with Crippen LogP contribution in [0.15, 0.2) is 53.4 Å². The number of hydrogen-bond acceptors (Lipinski definition) is 6. The number of ether oxygens (including phenoxy) is 2. The summed E-state index contributed by atoms with van der Waals surface area (Å²) in [6.45, 7) is 3.47. The lowest BCUT2D eigenvalue weighted by Gasteiger charge is -2.12. The van der Waals surface area contributed by atoms with Crippen LogP contribution in [0.25, 0.3) is 0 Å². The van der Waals surface area contributed by atoms with Crippen LogP contribution in [0.1, 0.15) is 34.6 Å². The van der Waals surface area contributed by atoms with Gasteiger partial charge in [-0.1, -0.05) is 12.1 Å². The molecule has 0 aromatic heterocycles.